The van der Waals surface area contributed by atoms with Gasteiger partial charge in [0, 0.05) is 0 Å². The number of carbonyl (C=O) groups is 2. The van der Waals surface area contributed by atoms with E-state index < -0.39 is 17.4 Å². The van der Waals surface area contributed by atoms with Crippen LogP contribution in [0.3, 0.4) is 0 Å². The minimum atomic E-state index is -1.26. The zero-order chi connectivity index (χ0) is 15.6. The Balaban J connectivity index is 2.32. The average Bonchev–Trinajstić information content (AvgIpc) is 2.98. The molecule has 0 spiro atoms. The molecule has 0 aromatic heterocycles. The van der Waals surface area contributed by atoms with Crippen LogP contribution in [0.4, 0.5) is 0 Å². The van der Waals surface area contributed by atoms with Crippen LogP contribution in [-0.2, 0) is 19.1 Å². The number of hydrogen-bond donors (Lipinski definition) is 0. The first-order chi connectivity index (χ1) is 10.00. The number of allylic oxidation sites excluding steroid dienone is 1. The van der Waals surface area contributed by atoms with E-state index in [4.69, 9.17) is 9.47 Å². The second kappa shape index (κ2) is 5.88. The molecule has 2 fully saturated rings. The quantitative estimate of drug-likeness (QED) is 0.451. The van der Waals surface area contributed by atoms with Gasteiger partial charge >= 0.3 is 11.9 Å². The Kier molecular flexibility index (Phi) is 4.36. The predicted molar refractivity (Wildman–Crippen MR) is 74.8 cm³/mol. The first-order valence-electron chi connectivity index (χ1n) is 7.41. The topological polar surface area (TPSA) is 76.4 Å². The summed E-state index contributed by atoms with van der Waals surface area (Å²) in [6.07, 6.45) is 1.34. The summed E-state index contributed by atoms with van der Waals surface area (Å²) in [6, 6.07) is 2.28. The molecule has 3 atom stereocenters. The van der Waals surface area contributed by atoms with Gasteiger partial charge in [0.2, 0.25) is 0 Å². The van der Waals surface area contributed by atoms with Crippen LogP contribution in [0.15, 0.2) is 12.2 Å². The molecule has 5 nitrogen and oxygen atoms in total. The van der Waals surface area contributed by atoms with Gasteiger partial charge in [-0.15, -0.1) is 0 Å². The molecule has 0 bridgehead atoms. The molecule has 2 rings (SSSR count). The molecule has 0 aromatic rings. The van der Waals surface area contributed by atoms with Gasteiger partial charge in [0.05, 0.1) is 25.2 Å². The van der Waals surface area contributed by atoms with Gasteiger partial charge in [0.15, 0.2) is 5.41 Å². The molecule has 5 heteroatoms. The summed E-state index contributed by atoms with van der Waals surface area (Å²) in [6.45, 7) is 7.88. The highest BCUT2D eigenvalue weighted by molar-refractivity contribution is 6.00. The zero-order valence-electron chi connectivity index (χ0n) is 12.6. The van der Waals surface area contributed by atoms with E-state index in [1.807, 2.05) is 0 Å². The third-order valence-electron chi connectivity index (χ3n) is 4.69. The summed E-state index contributed by atoms with van der Waals surface area (Å²) in [5.74, 6) is -1.20. The minimum absolute atomic E-state index is 0.00341. The van der Waals surface area contributed by atoms with Crippen LogP contribution < -0.4 is 0 Å². The van der Waals surface area contributed by atoms with Crippen LogP contribution in [0.25, 0.3) is 0 Å². The molecule has 0 radical (unpaired) electrons. The number of fused-ring (bicyclic) bond motifs is 1. The van der Waals surface area contributed by atoms with Gasteiger partial charge in [-0.2, -0.15) is 5.26 Å². The molecule has 2 aliphatic rings. The number of ether oxygens (including phenoxy) is 2. The predicted octanol–water partition coefficient (Wildman–Crippen LogP) is 2.22. The van der Waals surface area contributed by atoms with Crippen LogP contribution in [0, 0.1) is 34.5 Å². The fourth-order valence-electron chi connectivity index (χ4n) is 3.71. The van der Waals surface area contributed by atoms with Crippen LogP contribution in [0.2, 0.25) is 0 Å². The maximum absolute atomic E-state index is 12.4. The minimum Gasteiger partial charge on any atom is -0.465 e. The van der Waals surface area contributed by atoms with E-state index in [0.717, 1.165) is 5.57 Å². The Morgan fingerprint density at radius 3 is 2.33 bits per heavy atom. The molecule has 0 aromatic carbocycles. The van der Waals surface area contributed by atoms with Crippen molar-refractivity contribution in [3.8, 4) is 6.07 Å². The van der Waals surface area contributed by atoms with Crippen LogP contribution >= 0.6 is 0 Å². The maximum Gasteiger partial charge on any atom is 0.323 e. The van der Waals surface area contributed by atoms with Crippen LogP contribution in [0.1, 0.15) is 33.1 Å². The Morgan fingerprint density at radius 1 is 1.29 bits per heavy atom. The lowest BCUT2D eigenvalue weighted by molar-refractivity contribution is -0.172. The van der Waals surface area contributed by atoms with E-state index >= 15 is 0 Å². The first kappa shape index (κ1) is 15.6. The third kappa shape index (κ3) is 2.44. The highest BCUT2D eigenvalue weighted by Gasteiger charge is 2.61. The number of nitrogens with zero attached hydrogens (tertiary/aromatic N) is 1. The van der Waals surface area contributed by atoms with Gasteiger partial charge in [0.25, 0.3) is 0 Å². The van der Waals surface area contributed by atoms with Crippen molar-refractivity contribution in [1.29, 1.82) is 5.26 Å². The fraction of sp³-hybridized carbons (Fsp3) is 0.688. The molecule has 114 valence electrons. The molecule has 0 N–H and O–H groups in total. The van der Waals surface area contributed by atoms with E-state index in [1.165, 1.54) is 0 Å². The Morgan fingerprint density at radius 2 is 1.86 bits per heavy atom. The lowest BCUT2D eigenvalue weighted by Crippen LogP contribution is -2.40. The Labute approximate surface area is 124 Å². The molecule has 0 heterocycles. The van der Waals surface area contributed by atoms with E-state index in [0.29, 0.717) is 19.3 Å². The lowest BCUT2D eigenvalue weighted by atomic mass is 9.82. The molecule has 0 saturated heterocycles. The number of esters is 2. The molecular weight excluding hydrogens is 270 g/mol. The summed E-state index contributed by atoms with van der Waals surface area (Å²) in [7, 11) is 0. The SMILES string of the molecule is C=C1C[C@@H](C#N)[C@@H]2CC(C(=O)OCC)(C(=O)OCC)C[C@H]12. The van der Waals surface area contributed by atoms with E-state index in [2.05, 4.69) is 12.6 Å². The summed E-state index contributed by atoms with van der Waals surface area (Å²) in [5.41, 5.74) is -0.304. The van der Waals surface area contributed by atoms with E-state index in [-0.39, 0.29) is 31.0 Å². The Hall–Kier alpha value is -1.83. The van der Waals surface area contributed by atoms with Crippen LogP contribution in [0.5, 0.6) is 0 Å². The average molecular weight is 291 g/mol. The summed E-state index contributed by atoms with van der Waals surface area (Å²) in [4.78, 5) is 24.8. The fourth-order valence-corrected chi connectivity index (χ4v) is 3.71. The van der Waals surface area contributed by atoms with Crippen molar-refractivity contribution in [2.24, 2.45) is 23.2 Å². The second-order valence-electron chi connectivity index (χ2n) is 5.80. The highest BCUT2D eigenvalue weighted by atomic mass is 16.6. The van der Waals surface area contributed by atoms with Crippen molar-refractivity contribution in [3.05, 3.63) is 12.2 Å². The number of rotatable bonds is 4. The first-order valence-corrected chi connectivity index (χ1v) is 7.41. The van der Waals surface area contributed by atoms with Crippen molar-refractivity contribution < 1.29 is 19.1 Å². The van der Waals surface area contributed by atoms with Gasteiger partial charge in [-0.05, 0) is 44.9 Å². The summed E-state index contributed by atoms with van der Waals surface area (Å²) in [5, 5.41) is 9.26. The number of hydrogen-bond acceptors (Lipinski definition) is 5. The molecule has 2 saturated carbocycles. The molecule has 0 aliphatic heterocycles. The lowest BCUT2D eigenvalue weighted by Gasteiger charge is -2.25. The summed E-state index contributed by atoms with van der Waals surface area (Å²) >= 11 is 0. The molecule has 2 aliphatic carbocycles. The number of carbonyl (C=O) groups excluding carboxylic acids is 2. The molecule has 0 unspecified atom stereocenters. The largest absolute Gasteiger partial charge is 0.465 e. The molecule has 21 heavy (non-hydrogen) atoms. The van der Waals surface area contributed by atoms with Crippen LogP contribution in [-0.4, -0.2) is 25.2 Å². The van der Waals surface area contributed by atoms with Crippen molar-refractivity contribution >= 4 is 11.9 Å². The number of nitriles is 1. The van der Waals surface area contributed by atoms with Gasteiger partial charge in [-0.25, -0.2) is 0 Å². The Bertz CT molecular complexity index is 487. The highest BCUT2D eigenvalue weighted by Crippen LogP contribution is 2.57. The monoisotopic (exact) mass is 291 g/mol. The summed E-state index contributed by atoms with van der Waals surface area (Å²) < 4.78 is 10.2. The smallest absolute Gasteiger partial charge is 0.323 e. The molecule has 0 amide bonds. The zero-order valence-corrected chi connectivity index (χ0v) is 12.6. The van der Waals surface area contributed by atoms with E-state index in [9.17, 15) is 14.9 Å². The standard InChI is InChI=1S/C16H21NO4/c1-4-20-14(18)16(15(19)21-5-2)7-12-10(3)6-11(9-17)13(12)8-16/h11-13H,3-8H2,1-2H3/t11-,12+,13-/m0/s1. The van der Waals surface area contributed by atoms with Gasteiger partial charge in [-0.3, -0.25) is 9.59 Å². The van der Waals surface area contributed by atoms with Crippen molar-refractivity contribution in [2.75, 3.05) is 13.2 Å². The maximum atomic E-state index is 12.4. The van der Waals surface area contributed by atoms with Gasteiger partial charge in [-0.1, -0.05) is 12.2 Å². The van der Waals surface area contributed by atoms with Crippen molar-refractivity contribution in [2.45, 2.75) is 33.1 Å². The molecular formula is C16H21NO4. The van der Waals surface area contributed by atoms with Crippen molar-refractivity contribution in [1.82, 2.24) is 0 Å². The third-order valence-corrected chi connectivity index (χ3v) is 4.69. The normalized spacial score (nSPS) is 29.6. The van der Waals surface area contributed by atoms with Gasteiger partial charge in [0.1, 0.15) is 0 Å². The second-order valence-corrected chi connectivity index (χ2v) is 5.80. The van der Waals surface area contributed by atoms with Crippen molar-refractivity contribution in [3.63, 3.8) is 0 Å². The van der Waals surface area contributed by atoms with Gasteiger partial charge < -0.3 is 9.47 Å². The van der Waals surface area contributed by atoms with E-state index in [1.54, 1.807) is 13.8 Å².